The lowest BCUT2D eigenvalue weighted by atomic mass is 9.89. The van der Waals surface area contributed by atoms with Gasteiger partial charge in [-0.3, -0.25) is 4.90 Å². The molecule has 2 N–H and O–H groups in total. The highest BCUT2D eigenvalue weighted by Crippen LogP contribution is 2.33. The van der Waals surface area contributed by atoms with Gasteiger partial charge in [-0.1, -0.05) is 48.5 Å². The van der Waals surface area contributed by atoms with Crippen molar-refractivity contribution in [2.24, 2.45) is 11.7 Å². The minimum absolute atomic E-state index is 0. The number of rotatable bonds is 5. The van der Waals surface area contributed by atoms with Gasteiger partial charge < -0.3 is 5.73 Å². The van der Waals surface area contributed by atoms with E-state index in [1.807, 2.05) is 22.9 Å². The maximum absolute atomic E-state index is 6.08. The van der Waals surface area contributed by atoms with E-state index in [0.717, 1.165) is 37.6 Å². The number of benzene rings is 2. The average Bonchev–Trinajstić information content (AvgIpc) is 3.27. The van der Waals surface area contributed by atoms with Crippen molar-refractivity contribution >= 4 is 12.4 Å². The van der Waals surface area contributed by atoms with Gasteiger partial charge in [-0.25, -0.2) is 4.68 Å². The average molecular weight is 383 g/mol. The van der Waals surface area contributed by atoms with Crippen LogP contribution in [0.2, 0.25) is 0 Å². The maximum Gasteiger partial charge on any atom is 0.0645 e. The SMILES string of the molecule is Cc1nn(-c2ccccc2)cc1CN1C[C@@H](CN)[C@H](c2ccccc2)C1.Cl. The summed E-state index contributed by atoms with van der Waals surface area (Å²) >= 11 is 0. The fraction of sp³-hybridized carbons (Fsp3) is 0.318. The van der Waals surface area contributed by atoms with Crippen LogP contribution in [0.5, 0.6) is 0 Å². The third-order valence-corrected chi connectivity index (χ3v) is 5.46. The Kier molecular flexibility index (Phi) is 6.32. The predicted molar refractivity (Wildman–Crippen MR) is 113 cm³/mol. The Labute approximate surface area is 167 Å². The van der Waals surface area contributed by atoms with E-state index in [0.29, 0.717) is 11.8 Å². The minimum atomic E-state index is 0. The summed E-state index contributed by atoms with van der Waals surface area (Å²) in [6.45, 7) is 5.87. The molecule has 0 amide bonds. The number of hydrogen-bond acceptors (Lipinski definition) is 3. The highest BCUT2D eigenvalue weighted by Gasteiger charge is 2.33. The molecule has 0 spiro atoms. The zero-order valence-electron chi connectivity index (χ0n) is 15.7. The van der Waals surface area contributed by atoms with Crippen molar-refractivity contribution in [1.82, 2.24) is 14.7 Å². The van der Waals surface area contributed by atoms with E-state index in [9.17, 15) is 0 Å². The van der Waals surface area contributed by atoms with Crippen LogP contribution in [0, 0.1) is 12.8 Å². The monoisotopic (exact) mass is 382 g/mol. The Morgan fingerprint density at radius 1 is 1.00 bits per heavy atom. The third-order valence-electron chi connectivity index (χ3n) is 5.46. The van der Waals surface area contributed by atoms with Crippen LogP contribution in [0.4, 0.5) is 0 Å². The smallest absolute Gasteiger partial charge is 0.0645 e. The van der Waals surface area contributed by atoms with Crippen LogP contribution in [0.25, 0.3) is 5.69 Å². The molecular formula is C22H27ClN4. The molecule has 0 radical (unpaired) electrons. The zero-order chi connectivity index (χ0) is 17.9. The first kappa shape index (κ1) is 19.6. The molecule has 1 aliphatic rings. The van der Waals surface area contributed by atoms with Gasteiger partial charge in [-0.05, 0) is 37.1 Å². The van der Waals surface area contributed by atoms with Crippen LogP contribution in [0.3, 0.4) is 0 Å². The van der Waals surface area contributed by atoms with E-state index >= 15 is 0 Å². The van der Waals surface area contributed by atoms with Gasteiger partial charge in [0.15, 0.2) is 0 Å². The van der Waals surface area contributed by atoms with Gasteiger partial charge in [0.05, 0.1) is 11.4 Å². The van der Waals surface area contributed by atoms with Gasteiger partial charge in [0, 0.05) is 37.3 Å². The molecule has 2 heterocycles. The summed E-state index contributed by atoms with van der Waals surface area (Å²) in [5.74, 6) is 1.03. The molecule has 4 nitrogen and oxygen atoms in total. The van der Waals surface area contributed by atoms with Gasteiger partial charge in [-0.15, -0.1) is 12.4 Å². The summed E-state index contributed by atoms with van der Waals surface area (Å²) in [4.78, 5) is 2.52. The number of likely N-dealkylation sites (tertiary alicyclic amines) is 1. The van der Waals surface area contributed by atoms with E-state index < -0.39 is 0 Å². The lowest BCUT2D eigenvalue weighted by Crippen LogP contribution is -2.23. The summed E-state index contributed by atoms with van der Waals surface area (Å²) in [7, 11) is 0. The summed E-state index contributed by atoms with van der Waals surface area (Å²) in [6, 6.07) is 21.1. The number of para-hydroxylation sites is 1. The standard InChI is InChI=1S/C22H26N4.ClH/c1-17-20(15-26(24-17)21-10-6-3-7-11-21)14-25-13-19(12-23)22(16-25)18-8-4-2-5-9-18;/h2-11,15,19,22H,12-14,16,23H2,1H3;1H/t19-,22+;/m1./s1. The van der Waals surface area contributed by atoms with Crippen LogP contribution in [0.1, 0.15) is 22.7 Å². The Morgan fingerprint density at radius 2 is 1.67 bits per heavy atom. The fourth-order valence-corrected chi connectivity index (χ4v) is 4.01. The largest absolute Gasteiger partial charge is 0.330 e. The Hall–Kier alpha value is -2.14. The molecule has 1 saturated heterocycles. The van der Waals surface area contributed by atoms with E-state index in [1.54, 1.807) is 0 Å². The lowest BCUT2D eigenvalue weighted by molar-refractivity contribution is 0.316. The van der Waals surface area contributed by atoms with E-state index in [4.69, 9.17) is 10.8 Å². The van der Waals surface area contributed by atoms with Crippen LogP contribution >= 0.6 is 12.4 Å². The van der Waals surface area contributed by atoms with Crippen molar-refractivity contribution in [2.75, 3.05) is 19.6 Å². The Balaban J connectivity index is 0.00000210. The molecule has 27 heavy (non-hydrogen) atoms. The quantitative estimate of drug-likeness (QED) is 0.730. The summed E-state index contributed by atoms with van der Waals surface area (Å²) in [5.41, 5.74) is 11.0. The second-order valence-electron chi connectivity index (χ2n) is 7.23. The number of nitrogens with zero attached hydrogens (tertiary/aromatic N) is 3. The second kappa shape index (κ2) is 8.70. The highest BCUT2D eigenvalue weighted by atomic mass is 35.5. The molecule has 4 rings (SSSR count). The molecule has 0 bridgehead atoms. The summed E-state index contributed by atoms with van der Waals surface area (Å²) < 4.78 is 1.98. The topological polar surface area (TPSA) is 47.1 Å². The summed E-state index contributed by atoms with van der Waals surface area (Å²) in [6.07, 6.45) is 2.16. The van der Waals surface area contributed by atoms with Gasteiger partial charge in [0.2, 0.25) is 0 Å². The molecule has 1 aromatic heterocycles. The third kappa shape index (κ3) is 4.24. The second-order valence-corrected chi connectivity index (χ2v) is 7.23. The molecule has 2 atom stereocenters. The molecule has 3 aromatic rings. The van der Waals surface area contributed by atoms with Gasteiger partial charge in [0.1, 0.15) is 0 Å². The van der Waals surface area contributed by atoms with E-state index in [2.05, 4.69) is 60.5 Å². The van der Waals surface area contributed by atoms with Crippen LogP contribution in [-0.2, 0) is 6.54 Å². The first-order valence-electron chi connectivity index (χ1n) is 9.32. The van der Waals surface area contributed by atoms with E-state index in [1.165, 1.54) is 11.1 Å². The number of aromatic nitrogens is 2. The first-order chi connectivity index (χ1) is 12.7. The van der Waals surface area contributed by atoms with Gasteiger partial charge in [-0.2, -0.15) is 5.10 Å². The van der Waals surface area contributed by atoms with Crippen molar-refractivity contribution in [3.05, 3.63) is 83.7 Å². The minimum Gasteiger partial charge on any atom is -0.330 e. The molecule has 5 heteroatoms. The molecule has 1 aliphatic heterocycles. The normalized spacial score (nSPS) is 19.8. The van der Waals surface area contributed by atoms with Crippen molar-refractivity contribution < 1.29 is 0 Å². The van der Waals surface area contributed by atoms with Crippen molar-refractivity contribution in [3.63, 3.8) is 0 Å². The number of nitrogens with two attached hydrogens (primary N) is 1. The summed E-state index contributed by atoms with van der Waals surface area (Å²) in [5, 5.41) is 4.70. The highest BCUT2D eigenvalue weighted by molar-refractivity contribution is 5.85. The lowest BCUT2D eigenvalue weighted by Gasteiger charge is -2.16. The number of hydrogen-bond donors (Lipinski definition) is 1. The van der Waals surface area contributed by atoms with Gasteiger partial charge in [0.25, 0.3) is 0 Å². The van der Waals surface area contributed by atoms with Crippen molar-refractivity contribution in [3.8, 4) is 5.69 Å². The van der Waals surface area contributed by atoms with Crippen molar-refractivity contribution in [1.29, 1.82) is 0 Å². The van der Waals surface area contributed by atoms with Crippen LogP contribution in [0.15, 0.2) is 66.9 Å². The van der Waals surface area contributed by atoms with Crippen LogP contribution in [-0.4, -0.2) is 34.3 Å². The maximum atomic E-state index is 6.08. The molecule has 142 valence electrons. The van der Waals surface area contributed by atoms with Crippen molar-refractivity contribution in [2.45, 2.75) is 19.4 Å². The molecule has 0 saturated carbocycles. The Bertz CT molecular complexity index is 847. The fourth-order valence-electron chi connectivity index (χ4n) is 4.01. The predicted octanol–water partition coefficient (Wildman–Crippen LogP) is 3.78. The van der Waals surface area contributed by atoms with Crippen LogP contribution < -0.4 is 5.73 Å². The van der Waals surface area contributed by atoms with Gasteiger partial charge >= 0.3 is 0 Å². The number of halogens is 1. The molecular weight excluding hydrogens is 356 g/mol. The zero-order valence-corrected chi connectivity index (χ0v) is 16.5. The molecule has 0 unspecified atom stereocenters. The Morgan fingerprint density at radius 3 is 2.33 bits per heavy atom. The molecule has 0 aliphatic carbocycles. The number of aryl methyl sites for hydroxylation is 1. The first-order valence-corrected chi connectivity index (χ1v) is 9.32. The molecule has 1 fully saturated rings. The molecule has 2 aromatic carbocycles. The van der Waals surface area contributed by atoms with E-state index in [-0.39, 0.29) is 12.4 Å².